The normalized spacial score (nSPS) is 12.4. The molecule has 1 aromatic heterocycles. The molecule has 0 aliphatic carbocycles. The largest absolute Gasteiger partial charge is 0.396 e. The maximum Gasteiger partial charge on any atom is 0.239 e. The molecule has 2 N–H and O–H groups in total. The molecular formula is C26H30ClFN4O4. The Morgan fingerprint density at radius 3 is 2.64 bits per heavy atom. The molecule has 1 heterocycles. The van der Waals surface area contributed by atoms with Crippen molar-refractivity contribution in [2.45, 2.75) is 39.8 Å². The first-order valence-corrected chi connectivity index (χ1v) is 11.8. The average molecular weight is 517 g/mol. The highest BCUT2D eigenvalue weighted by Gasteiger charge is 2.30. The second kappa shape index (κ2) is 12.2. The first-order valence-electron chi connectivity index (χ1n) is 11.4. The van der Waals surface area contributed by atoms with Crippen molar-refractivity contribution in [3.05, 3.63) is 71.1 Å². The van der Waals surface area contributed by atoms with Crippen LogP contribution in [-0.4, -0.2) is 46.7 Å². The van der Waals surface area contributed by atoms with Crippen LogP contribution in [0.25, 0.3) is 10.8 Å². The van der Waals surface area contributed by atoms with Gasteiger partial charge in [-0.3, -0.25) is 19.4 Å². The van der Waals surface area contributed by atoms with Gasteiger partial charge in [0.25, 0.3) is 0 Å². The minimum atomic E-state index is -0.597. The number of aliphatic hydroxyl groups is 1. The number of anilines is 1. The van der Waals surface area contributed by atoms with Gasteiger partial charge in [0.05, 0.1) is 17.7 Å². The second-order valence-corrected chi connectivity index (χ2v) is 9.61. The number of hydrazine groups is 1. The third-order valence-corrected chi connectivity index (χ3v) is 6.16. The molecule has 1 atom stereocenters. The van der Waals surface area contributed by atoms with Crippen LogP contribution in [0.5, 0.6) is 0 Å². The predicted molar refractivity (Wildman–Crippen MR) is 136 cm³/mol. The summed E-state index contributed by atoms with van der Waals surface area (Å²) in [6.07, 6.45) is 2.48. The van der Waals surface area contributed by atoms with Gasteiger partial charge in [-0.15, -0.1) is 0 Å². The van der Waals surface area contributed by atoms with Crippen LogP contribution in [0.1, 0.15) is 32.8 Å². The van der Waals surface area contributed by atoms with Gasteiger partial charge >= 0.3 is 0 Å². The van der Waals surface area contributed by atoms with Gasteiger partial charge in [-0.25, -0.2) is 14.8 Å². The number of nitrogens with zero attached hydrogens (tertiary/aromatic N) is 3. The second-order valence-electron chi connectivity index (χ2n) is 9.23. The standard InChI is InChI=1S/C26H30ClFN4O4/c1-18(35)32(30-14-21-9-6-10-23(28)25(21)27)22(12-26(2,3)16-33)15-36-31(17-34)24-11-19-7-4-5-8-20(19)13-29-24/h4-11,13,17,22,30,33H,12,14-16H2,1-3H3/t22-/m0/s1. The van der Waals surface area contributed by atoms with Crippen LogP contribution in [-0.2, 0) is 21.0 Å². The lowest BCUT2D eigenvalue weighted by molar-refractivity contribution is -0.139. The van der Waals surface area contributed by atoms with Crippen molar-refractivity contribution in [3.63, 3.8) is 0 Å². The van der Waals surface area contributed by atoms with E-state index in [0.717, 1.165) is 15.8 Å². The Balaban J connectivity index is 1.81. The summed E-state index contributed by atoms with van der Waals surface area (Å²) in [7, 11) is 0. The van der Waals surface area contributed by atoms with Crippen molar-refractivity contribution in [2.75, 3.05) is 18.3 Å². The third kappa shape index (κ3) is 6.98. The van der Waals surface area contributed by atoms with E-state index in [2.05, 4.69) is 10.4 Å². The van der Waals surface area contributed by atoms with Crippen molar-refractivity contribution < 1.29 is 23.9 Å². The molecule has 10 heteroatoms. The highest BCUT2D eigenvalue weighted by Crippen LogP contribution is 2.26. The molecule has 0 bridgehead atoms. The molecule has 192 valence electrons. The van der Waals surface area contributed by atoms with Crippen molar-refractivity contribution in [1.82, 2.24) is 15.4 Å². The number of aliphatic hydroxyl groups excluding tert-OH is 1. The van der Waals surface area contributed by atoms with Crippen LogP contribution in [0, 0.1) is 11.2 Å². The van der Waals surface area contributed by atoms with Gasteiger partial charge in [0.2, 0.25) is 12.3 Å². The fourth-order valence-electron chi connectivity index (χ4n) is 3.79. The molecule has 0 fully saturated rings. The fraction of sp³-hybridized carbons (Fsp3) is 0.346. The van der Waals surface area contributed by atoms with Crippen LogP contribution >= 0.6 is 11.6 Å². The number of hydroxylamine groups is 1. The van der Waals surface area contributed by atoms with Gasteiger partial charge < -0.3 is 5.11 Å². The molecule has 0 saturated carbocycles. The van der Waals surface area contributed by atoms with E-state index in [-0.39, 0.29) is 36.5 Å². The van der Waals surface area contributed by atoms with Gasteiger partial charge in [0, 0.05) is 31.7 Å². The van der Waals surface area contributed by atoms with Crippen LogP contribution in [0.4, 0.5) is 10.2 Å². The maximum absolute atomic E-state index is 13.9. The molecule has 0 unspecified atom stereocenters. The minimum Gasteiger partial charge on any atom is -0.396 e. The molecule has 2 aromatic carbocycles. The van der Waals surface area contributed by atoms with Gasteiger partial charge in [0.15, 0.2) is 5.82 Å². The number of rotatable bonds is 12. The molecular weight excluding hydrogens is 487 g/mol. The lowest BCUT2D eigenvalue weighted by Crippen LogP contribution is -2.52. The van der Waals surface area contributed by atoms with Crippen molar-refractivity contribution >= 4 is 40.5 Å². The summed E-state index contributed by atoms with van der Waals surface area (Å²) in [6, 6.07) is 13.1. The number of hydrogen-bond donors (Lipinski definition) is 2. The molecule has 0 aliphatic rings. The first-order chi connectivity index (χ1) is 17.1. The van der Waals surface area contributed by atoms with Crippen LogP contribution < -0.4 is 10.5 Å². The summed E-state index contributed by atoms with van der Waals surface area (Å²) < 4.78 is 13.9. The number of aromatic nitrogens is 1. The van der Waals surface area contributed by atoms with Crippen molar-refractivity contribution in [2.24, 2.45) is 5.41 Å². The number of hydrogen-bond acceptors (Lipinski definition) is 6. The molecule has 0 radical (unpaired) electrons. The highest BCUT2D eigenvalue weighted by atomic mass is 35.5. The van der Waals surface area contributed by atoms with Gasteiger partial charge in [-0.2, -0.15) is 5.06 Å². The maximum atomic E-state index is 13.9. The monoisotopic (exact) mass is 516 g/mol. The number of nitrogens with one attached hydrogen (secondary N) is 1. The van der Waals surface area contributed by atoms with Crippen LogP contribution in [0.2, 0.25) is 5.02 Å². The topological polar surface area (TPSA) is 95.0 Å². The van der Waals surface area contributed by atoms with E-state index in [0.29, 0.717) is 18.4 Å². The summed E-state index contributed by atoms with van der Waals surface area (Å²) in [5.41, 5.74) is 2.91. The smallest absolute Gasteiger partial charge is 0.239 e. The molecule has 2 amide bonds. The molecule has 8 nitrogen and oxygen atoms in total. The molecule has 36 heavy (non-hydrogen) atoms. The van der Waals surface area contributed by atoms with E-state index >= 15 is 0 Å². The zero-order valence-corrected chi connectivity index (χ0v) is 21.2. The Morgan fingerprint density at radius 2 is 1.97 bits per heavy atom. The zero-order chi connectivity index (χ0) is 26.3. The van der Waals surface area contributed by atoms with Gasteiger partial charge in [-0.1, -0.05) is 61.8 Å². The number of fused-ring (bicyclic) bond motifs is 1. The number of carbonyl (C=O) groups is 2. The van der Waals surface area contributed by atoms with E-state index in [1.165, 1.54) is 24.1 Å². The van der Waals surface area contributed by atoms with Crippen molar-refractivity contribution in [3.8, 4) is 0 Å². The molecule has 0 spiro atoms. The number of amides is 2. The van der Waals surface area contributed by atoms with E-state index in [9.17, 15) is 19.1 Å². The number of carbonyl (C=O) groups excluding carboxylic acids is 2. The summed E-state index contributed by atoms with van der Waals surface area (Å²) in [6.45, 7) is 4.94. The Hall–Kier alpha value is -3.11. The average Bonchev–Trinajstić information content (AvgIpc) is 2.86. The summed E-state index contributed by atoms with van der Waals surface area (Å²) >= 11 is 6.07. The van der Waals surface area contributed by atoms with E-state index < -0.39 is 17.3 Å². The quantitative estimate of drug-likeness (QED) is 0.276. The Kier molecular flexibility index (Phi) is 9.33. The van der Waals surface area contributed by atoms with E-state index in [4.69, 9.17) is 16.4 Å². The fourth-order valence-corrected chi connectivity index (χ4v) is 3.98. The van der Waals surface area contributed by atoms with E-state index in [1.54, 1.807) is 18.3 Å². The van der Waals surface area contributed by atoms with Crippen molar-refractivity contribution in [1.29, 1.82) is 0 Å². The lowest BCUT2D eigenvalue weighted by atomic mass is 9.86. The molecule has 0 aliphatic heterocycles. The number of halogens is 2. The number of benzene rings is 2. The summed E-state index contributed by atoms with van der Waals surface area (Å²) in [5.74, 6) is -0.597. The zero-order valence-electron chi connectivity index (χ0n) is 20.4. The van der Waals surface area contributed by atoms with Gasteiger partial charge in [-0.05, 0) is 34.9 Å². The summed E-state index contributed by atoms with van der Waals surface area (Å²) in [4.78, 5) is 34.6. The Bertz CT molecular complexity index is 1210. The molecule has 3 aromatic rings. The van der Waals surface area contributed by atoms with Crippen LogP contribution in [0.3, 0.4) is 0 Å². The third-order valence-electron chi connectivity index (χ3n) is 5.74. The molecule has 3 rings (SSSR count). The highest BCUT2D eigenvalue weighted by molar-refractivity contribution is 6.31. The predicted octanol–water partition coefficient (Wildman–Crippen LogP) is 4.25. The Morgan fingerprint density at radius 1 is 1.25 bits per heavy atom. The molecule has 0 saturated heterocycles. The SMILES string of the molecule is CC(=O)N(NCc1cccc(F)c1Cl)[C@H](CON(C=O)c1cc2ccccc2cn1)CC(C)(C)CO. The van der Waals surface area contributed by atoms with Gasteiger partial charge in [0.1, 0.15) is 5.82 Å². The minimum absolute atomic E-state index is 0.0356. The summed E-state index contributed by atoms with van der Waals surface area (Å²) in [5, 5.41) is 14.0. The first kappa shape index (κ1) is 27.5. The number of pyridine rings is 1. The Labute approximate surface area is 214 Å². The lowest BCUT2D eigenvalue weighted by Gasteiger charge is -2.36. The van der Waals surface area contributed by atoms with Crippen LogP contribution in [0.15, 0.2) is 54.7 Å². The van der Waals surface area contributed by atoms with E-state index in [1.807, 2.05) is 38.1 Å².